The highest BCUT2D eigenvalue weighted by atomic mass is 19.4. The summed E-state index contributed by atoms with van der Waals surface area (Å²) < 4.78 is 35.7. The Morgan fingerprint density at radius 1 is 1.23 bits per heavy atom. The van der Waals surface area contributed by atoms with Gasteiger partial charge >= 0.3 is 6.18 Å². The number of rotatable bonds is 2. The van der Waals surface area contributed by atoms with Gasteiger partial charge in [-0.05, 0) is 12.1 Å². The first-order chi connectivity index (χ1) is 6.01. The third kappa shape index (κ3) is 3.42. The van der Waals surface area contributed by atoms with Crippen LogP contribution in [-0.2, 0) is 13.0 Å². The Kier molecular flexibility index (Phi) is 2.87. The second kappa shape index (κ2) is 3.74. The second-order valence-corrected chi connectivity index (χ2v) is 2.62. The minimum atomic E-state index is -4.21. The first-order valence-corrected chi connectivity index (χ1v) is 3.73. The lowest BCUT2D eigenvalue weighted by atomic mass is 10.2. The maximum absolute atomic E-state index is 11.9. The van der Waals surface area contributed by atoms with Gasteiger partial charge in [-0.3, -0.25) is 4.98 Å². The van der Waals surface area contributed by atoms with Crippen LogP contribution in [0.3, 0.4) is 0 Å². The molecule has 1 aromatic heterocycles. The summed E-state index contributed by atoms with van der Waals surface area (Å²) in [5.74, 6) is 0. The van der Waals surface area contributed by atoms with Crippen molar-refractivity contribution in [1.82, 2.24) is 4.98 Å². The lowest BCUT2D eigenvalue weighted by Gasteiger charge is -2.06. The van der Waals surface area contributed by atoms with Gasteiger partial charge < -0.3 is 5.73 Å². The van der Waals surface area contributed by atoms with E-state index in [0.717, 1.165) is 0 Å². The van der Waals surface area contributed by atoms with Crippen LogP contribution in [0.25, 0.3) is 0 Å². The van der Waals surface area contributed by atoms with E-state index in [0.29, 0.717) is 5.69 Å². The maximum Gasteiger partial charge on any atom is 0.394 e. The average Bonchev–Trinajstić information content (AvgIpc) is 2.01. The first kappa shape index (κ1) is 9.98. The van der Waals surface area contributed by atoms with Crippen LogP contribution in [0.15, 0.2) is 18.2 Å². The molecule has 1 aromatic rings. The smallest absolute Gasteiger partial charge is 0.325 e. The Balaban J connectivity index is 2.78. The van der Waals surface area contributed by atoms with Gasteiger partial charge in [0.2, 0.25) is 0 Å². The number of pyridine rings is 1. The van der Waals surface area contributed by atoms with Gasteiger partial charge in [0.1, 0.15) is 0 Å². The zero-order valence-electron chi connectivity index (χ0n) is 6.80. The number of aromatic nitrogens is 1. The van der Waals surface area contributed by atoms with Crippen molar-refractivity contribution in [3.8, 4) is 0 Å². The SMILES string of the molecule is NCc1cccc(CC(F)(F)F)n1. The van der Waals surface area contributed by atoms with E-state index in [9.17, 15) is 13.2 Å². The topological polar surface area (TPSA) is 38.9 Å². The second-order valence-electron chi connectivity index (χ2n) is 2.62. The molecule has 0 unspecified atom stereocenters. The van der Waals surface area contributed by atoms with Gasteiger partial charge in [-0.1, -0.05) is 6.07 Å². The van der Waals surface area contributed by atoms with Crippen LogP contribution in [0, 0.1) is 0 Å². The highest BCUT2D eigenvalue weighted by Crippen LogP contribution is 2.19. The molecule has 2 N–H and O–H groups in total. The van der Waals surface area contributed by atoms with Crippen molar-refractivity contribution in [2.45, 2.75) is 19.1 Å². The van der Waals surface area contributed by atoms with E-state index < -0.39 is 12.6 Å². The highest BCUT2D eigenvalue weighted by molar-refractivity contribution is 5.11. The van der Waals surface area contributed by atoms with E-state index in [1.54, 1.807) is 6.07 Å². The van der Waals surface area contributed by atoms with Gasteiger partial charge in [-0.15, -0.1) is 0 Å². The minimum Gasteiger partial charge on any atom is -0.325 e. The summed E-state index contributed by atoms with van der Waals surface area (Å²) >= 11 is 0. The summed E-state index contributed by atoms with van der Waals surface area (Å²) in [4.78, 5) is 3.73. The fourth-order valence-electron chi connectivity index (χ4n) is 0.947. The monoisotopic (exact) mass is 190 g/mol. The van der Waals surface area contributed by atoms with Crippen molar-refractivity contribution in [3.63, 3.8) is 0 Å². The molecule has 0 atom stereocenters. The molecule has 13 heavy (non-hydrogen) atoms. The summed E-state index contributed by atoms with van der Waals surface area (Å²) in [5.41, 5.74) is 5.72. The molecule has 0 radical (unpaired) electrons. The molecule has 2 nitrogen and oxygen atoms in total. The first-order valence-electron chi connectivity index (χ1n) is 3.73. The molecule has 0 aromatic carbocycles. The third-order valence-corrected chi connectivity index (χ3v) is 1.46. The van der Waals surface area contributed by atoms with Crippen molar-refractivity contribution >= 4 is 0 Å². The van der Waals surface area contributed by atoms with Crippen molar-refractivity contribution < 1.29 is 13.2 Å². The number of hydrogen-bond acceptors (Lipinski definition) is 2. The molecular formula is C8H9F3N2. The molecule has 0 aliphatic rings. The molecule has 0 bridgehead atoms. The average molecular weight is 190 g/mol. The molecule has 72 valence electrons. The van der Waals surface area contributed by atoms with Crippen LogP contribution in [0.1, 0.15) is 11.4 Å². The Morgan fingerprint density at radius 2 is 1.85 bits per heavy atom. The van der Waals surface area contributed by atoms with Crippen LogP contribution >= 0.6 is 0 Å². The third-order valence-electron chi connectivity index (χ3n) is 1.46. The highest BCUT2D eigenvalue weighted by Gasteiger charge is 2.28. The van der Waals surface area contributed by atoms with Crippen molar-refractivity contribution in [2.24, 2.45) is 5.73 Å². The Bertz CT molecular complexity index is 283. The molecule has 0 aliphatic heterocycles. The molecule has 0 saturated heterocycles. The minimum absolute atomic E-state index is 0.00968. The fourth-order valence-corrected chi connectivity index (χ4v) is 0.947. The number of nitrogens with zero attached hydrogens (tertiary/aromatic N) is 1. The van der Waals surface area contributed by atoms with Gasteiger partial charge in [-0.25, -0.2) is 0 Å². The Hall–Kier alpha value is -1.10. The largest absolute Gasteiger partial charge is 0.394 e. The molecular weight excluding hydrogens is 181 g/mol. The van der Waals surface area contributed by atoms with E-state index in [1.165, 1.54) is 12.1 Å². The summed E-state index contributed by atoms with van der Waals surface area (Å²) in [6.45, 7) is 0.158. The van der Waals surface area contributed by atoms with Gasteiger partial charge in [-0.2, -0.15) is 13.2 Å². The van der Waals surface area contributed by atoms with Crippen LogP contribution in [0.5, 0.6) is 0 Å². The standard InChI is InChI=1S/C8H9F3N2/c9-8(10,11)4-6-2-1-3-7(5-12)13-6/h1-3H,4-5,12H2. The van der Waals surface area contributed by atoms with Crippen LogP contribution in [0.4, 0.5) is 13.2 Å². The molecule has 1 heterocycles. The van der Waals surface area contributed by atoms with Crippen LogP contribution in [-0.4, -0.2) is 11.2 Å². The summed E-state index contributed by atoms with van der Waals surface area (Å²) in [6, 6.07) is 4.46. The number of nitrogens with two attached hydrogens (primary N) is 1. The van der Waals surface area contributed by atoms with Gasteiger partial charge in [0.05, 0.1) is 12.1 Å². The summed E-state index contributed by atoms with van der Waals surface area (Å²) in [5, 5.41) is 0. The molecule has 1 rings (SSSR count). The van der Waals surface area contributed by atoms with Crippen molar-refractivity contribution in [3.05, 3.63) is 29.6 Å². The molecule has 0 amide bonds. The fraction of sp³-hybridized carbons (Fsp3) is 0.375. The molecule has 0 spiro atoms. The van der Waals surface area contributed by atoms with E-state index >= 15 is 0 Å². The lowest BCUT2D eigenvalue weighted by molar-refractivity contribution is -0.127. The number of hydrogen-bond donors (Lipinski definition) is 1. The van der Waals surface area contributed by atoms with E-state index in [1.807, 2.05) is 0 Å². The molecule has 5 heteroatoms. The zero-order valence-corrected chi connectivity index (χ0v) is 6.80. The van der Waals surface area contributed by atoms with Gasteiger partial charge in [0.25, 0.3) is 0 Å². The van der Waals surface area contributed by atoms with Gasteiger partial charge in [0, 0.05) is 12.2 Å². The Morgan fingerprint density at radius 3 is 2.38 bits per heavy atom. The van der Waals surface area contributed by atoms with Crippen molar-refractivity contribution in [1.29, 1.82) is 0 Å². The van der Waals surface area contributed by atoms with Crippen LogP contribution < -0.4 is 5.73 Å². The lowest BCUT2D eigenvalue weighted by Crippen LogP contribution is -2.13. The number of halogens is 3. The quantitative estimate of drug-likeness (QED) is 0.770. The van der Waals surface area contributed by atoms with Crippen LogP contribution in [0.2, 0.25) is 0 Å². The summed E-state index contributed by atoms with van der Waals surface area (Å²) in [6.07, 6.45) is -5.21. The normalized spacial score (nSPS) is 11.7. The zero-order chi connectivity index (χ0) is 9.90. The van der Waals surface area contributed by atoms with Gasteiger partial charge in [0.15, 0.2) is 0 Å². The maximum atomic E-state index is 11.9. The molecule has 0 aliphatic carbocycles. The summed E-state index contributed by atoms with van der Waals surface area (Å²) in [7, 11) is 0. The Labute approximate surface area is 73.6 Å². The number of alkyl halides is 3. The predicted octanol–water partition coefficient (Wildman–Crippen LogP) is 1.65. The predicted molar refractivity (Wildman–Crippen MR) is 41.9 cm³/mol. The van der Waals surface area contributed by atoms with E-state index in [4.69, 9.17) is 5.73 Å². The van der Waals surface area contributed by atoms with E-state index in [2.05, 4.69) is 4.98 Å². The van der Waals surface area contributed by atoms with Crippen molar-refractivity contribution in [2.75, 3.05) is 0 Å². The molecule has 0 saturated carbocycles. The molecule has 0 fully saturated rings. The van der Waals surface area contributed by atoms with E-state index in [-0.39, 0.29) is 12.2 Å².